The Labute approximate surface area is 111 Å². The predicted molar refractivity (Wildman–Crippen MR) is 71.0 cm³/mol. The van der Waals surface area contributed by atoms with Gasteiger partial charge >= 0.3 is 0 Å². The number of aliphatic hydroxyl groups excluding tert-OH is 1. The molecule has 0 unspecified atom stereocenters. The van der Waals surface area contributed by atoms with Gasteiger partial charge in [0.05, 0.1) is 11.5 Å². The standard InChI is InChI=1S/C13H16N2O4/c1-3-6-14(7-8-16)13(17)11-4-5-12(15(18)19)10(2)9-11/h3-5,9,16H,1,6-8H2,2H3. The first-order chi connectivity index (χ1) is 9.01. The van der Waals surface area contributed by atoms with Crippen molar-refractivity contribution in [3.8, 4) is 0 Å². The van der Waals surface area contributed by atoms with E-state index in [1.54, 1.807) is 13.0 Å². The third-order valence-electron chi connectivity index (χ3n) is 2.65. The smallest absolute Gasteiger partial charge is 0.272 e. The summed E-state index contributed by atoms with van der Waals surface area (Å²) in [6, 6.07) is 4.21. The zero-order valence-electron chi connectivity index (χ0n) is 10.7. The van der Waals surface area contributed by atoms with Crippen LogP contribution in [0.1, 0.15) is 15.9 Å². The van der Waals surface area contributed by atoms with Gasteiger partial charge < -0.3 is 10.0 Å². The number of aryl methyl sites for hydroxylation is 1. The monoisotopic (exact) mass is 264 g/mol. The van der Waals surface area contributed by atoms with E-state index in [9.17, 15) is 14.9 Å². The highest BCUT2D eigenvalue weighted by atomic mass is 16.6. The Morgan fingerprint density at radius 2 is 2.26 bits per heavy atom. The minimum absolute atomic E-state index is 0.0195. The molecule has 0 spiro atoms. The summed E-state index contributed by atoms with van der Waals surface area (Å²) in [6.07, 6.45) is 1.56. The fourth-order valence-electron chi connectivity index (χ4n) is 1.73. The molecule has 0 fully saturated rings. The molecule has 0 saturated heterocycles. The maximum atomic E-state index is 12.2. The zero-order chi connectivity index (χ0) is 14.4. The Morgan fingerprint density at radius 3 is 2.74 bits per heavy atom. The Hall–Kier alpha value is -2.21. The molecule has 1 aromatic carbocycles. The van der Waals surface area contributed by atoms with Gasteiger partial charge in [0.1, 0.15) is 0 Å². The van der Waals surface area contributed by atoms with Gasteiger partial charge in [0.2, 0.25) is 0 Å². The van der Waals surface area contributed by atoms with E-state index in [-0.39, 0.29) is 24.7 Å². The average Bonchev–Trinajstić information content (AvgIpc) is 2.37. The molecular formula is C13H16N2O4. The van der Waals surface area contributed by atoms with Gasteiger partial charge in [-0.05, 0) is 19.1 Å². The number of aliphatic hydroxyl groups is 1. The first-order valence-corrected chi connectivity index (χ1v) is 5.77. The maximum absolute atomic E-state index is 12.2. The third kappa shape index (κ3) is 3.62. The fourth-order valence-corrected chi connectivity index (χ4v) is 1.73. The highest BCUT2D eigenvalue weighted by molar-refractivity contribution is 5.94. The number of amides is 1. The summed E-state index contributed by atoms with van der Waals surface area (Å²) in [6.45, 7) is 5.49. The van der Waals surface area contributed by atoms with Crippen LogP contribution in [0.3, 0.4) is 0 Å². The van der Waals surface area contributed by atoms with Crippen molar-refractivity contribution in [3.63, 3.8) is 0 Å². The van der Waals surface area contributed by atoms with Crippen molar-refractivity contribution in [1.29, 1.82) is 0 Å². The number of rotatable bonds is 6. The van der Waals surface area contributed by atoms with Gasteiger partial charge in [0.15, 0.2) is 0 Å². The van der Waals surface area contributed by atoms with Gasteiger partial charge in [-0.3, -0.25) is 14.9 Å². The molecule has 102 valence electrons. The first kappa shape index (κ1) is 14.8. The number of hydrogen-bond donors (Lipinski definition) is 1. The number of nitrogens with zero attached hydrogens (tertiary/aromatic N) is 2. The third-order valence-corrected chi connectivity index (χ3v) is 2.65. The largest absolute Gasteiger partial charge is 0.395 e. The lowest BCUT2D eigenvalue weighted by molar-refractivity contribution is -0.385. The summed E-state index contributed by atoms with van der Waals surface area (Å²) in [7, 11) is 0. The van der Waals surface area contributed by atoms with Crippen molar-refractivity contribution < 1.29 is 14.8 Å². The molecule has 6 heteroatoms. The van der Waals surface area contributed by atoms with E-state index in [2.05, 4.69) is 6.58 Å². The van der Waals surface area contributed by atoms with Crippen LogP contribution in [-0.2, 0) is 0 Å². The highest BCUT2D eigenvalue weighted by Crippen LogP contribution is 2.19. The number of nitro groups is 1. The van der Waals surface area contributed by atoms with Crippen LogP contribution in [-0.4, -0.2) is 40.5 Å². The van der Waals surface area contributed by atoms with E-state index < -0.39 is 4.92 Å². The number of hydrogen-bond acceptors (Lipinski definition) is 4. The van der Waals surface area contributed by atoms with Gasteiger partial charge in [-0.2, -0.15) is 0 Å². The molecule has 0 atom stereocenters. The molecule has 0 heterocycles. The predicted octanol–water partition coefficient (Wildman–Crippen LogP) is 1.52. The van der Waals surface area contributed by atoms with Crippen molar-refractivity contribution >= 4 is 11.6 Å². The minimum atomic E-state index is -0.487. The Balaban J connectivity index is 3.01. The molecule has 0 bridgehead atoms. The van der Waals surface area contributed by atoms with Gasteiger partial charge in [-0.1, -0.05) is 6.08 Å². The van der Waals surface area contributed by atoms with Crippen LogP contribution < -0.4 is 0 Å². The number of carbonyl (C=O) groups excluding carboxylic acids is 1. The molecule has 1 aromatic rings. The van der Waals surface area contributed by atoms with E-state index >= 15 is 0 Å². The molecule has 0 aliphatic heterocycles. The topological polar surface area (TPSA) is 83.7 Å². The second-order valence-electron chi connectivity index (χ2n) is 4.02. The maximum Gasteiger partial charge on any atom is 0.272 e. The van der Waals surface area contributed by atoms with E-state index in [1.165, 1.54) is 23.1 Å². The van der Waals surface area contributed by atoms with E-state index in [4.69, 9.17) is 5.11 Å². The minimum Gasteiger partial charge on any atom is -0.395 e. The average molecular weight is 264 g/mol. The lowest BCUT2D eigenvalue weighted by atomic mass is 10.1. The molecule has 0 radical (unpaired) electrons. The Bertz CT molecular complexity index is 499. The molecular weight excluding hydrogens is 248 g/mol. The molecule has 1 rings (SSSR count). The summed E-state index contributed by atoms with van der Waals surface area (Å²) in [5.41, 5.74) is 0.769. The Kier molecular flexibility index (Phi) is 5.20. The van der Waals surface area contributed by atoms with Gasteiger partial charge in [0, 0.05) is 30.3 Å². The van der Waals surface area contributed by atoms with Crippen LogP contribution in [0.2, 0.25) is 0 Å². The quantitative estimate of drug-likeness (QED) is 0.479. The summed E-state index contributed by atoms with van der Waals surface area (Å²) >= 11 is 0. The molecule has 19 heavy (non-hydrogen) atoms. The van der Waals surface area contributed by atoms with Crippen molar-refractivity contribution in [2.24, 2.45) is 0 Å². The molecule has 1 N–H and O–H groups in total. The van der Waals surface area contributed by atoms with Crippen molar-refractivity contribution in [3.05, 3.63) is 52.1 Å². The van der Waals surface area contributed by atoms with Crippen LogP contribution in [0.4, 0.5) is 5.69 Å². The lowest BCUT2D eigenvalue weighted by Gasteiger charge is -2.20. The van der Waals surface area contributed by atoms with E-state index in [0.29, 0.717) is 17.7 Å². The van der Waals surface area contributed by atoms with Crippen molar-refractivity contribution in [1.82, 2.24) is 4.90 Å². The van der Waals surface area contributed by atoms with Crippen LogP contribution in [0.5, 0.6) is 0 Å². The highest BCUT2D eigenvalue weighted by Gasteiger charge is 2.17. The summed E-state index contributed by atoms with van der Waals surface area (Å²) in [4.78, 5) is 23.8. The van der Waals surface area contributed by atoms with Crippen molar-refractivity contribution in [2.45, 2.75) is 6.92 Å². The molecule has 0 aromatic heterocycles. The summed E-state index contributed by atoms with van der Waals surface area (Å²) in [5, 5.41) is 19.6. The number of carbonyl (C=O) groups is 1. The van der Waals surface area contributed by atoms with E-state index in [1.807, 2.05) is 0 Å². The van der Waals surface area contributed by atoms with Gasteiger partial charge in [-0.25, -0.2) is 0 Å². The number of nitro benzene ring substituents is 1. The molecule has 6 nitrogen and oxygen atoms in total. The first-order valence-electron chi connectivity index (χ1n) is 5.77. The second kappa shape index (κ2) is 6.65. The number of benzene rings is 1. The van der Waals surface area contributed by atoms with Gasteiger partial charge in [0.25, 0.3) is 11.6 Å². The van der Waals surface area contributed by atoms with Crippen LogP contribution in [0.25, 0.3) is 0 Å². The SMILES string of the molecule is C=CCN(CCO)C(=O)c1ccc([N+](=O)[O-])c(C)c1. The van der Waals surface area contributed by atoms with Crippen LogP contribution in [0, 0.1) is 17.0 Å². The summed E-state index contributed by atoms with van der Waals surface area (Å²) < 4.78 is 0. The molecule has 0 aliphatic rings. The fraction of sp³-hybridized carbons (Fsp3) is 0.308. The second-order valence-corrected chi connectivity index (χ2v) is 4.02. The Morgan fingerprint density at radius 1 is 1.58 bits per heavy atom. The van der Waals surface area contributed by atoms with Crippen LogP contribution >= 0.6 is 0 Å². The summed E-state index contributed by atoms with van der Waals surface area (Å²) in [5.74, 6) is -0.285. The van der Waals surface area contributed by atoms with Crippen LogP contribution in [0.15, 0.2) is 30.9 Å². The van der Waals surface area contributed by atoms with E-state index in [0.717, 1.165) is 0 Å². The molecule has 0 saturated carbocycles. The zero-order valence-corrected chi connectivity index (χ0v) is 10.7. The van der Waals surface area contributed by atoms with Crippen molar-refractivity contribution in [2.75, 3.05) is 19.7 Å². The molecule has 1 amide bonds. The lowest BCUT2D eigenvalue weighted by Crippen LogP contribution is -2.33. The normalized spacial score (nSPS) is 10.0. The molecule has 0 aliphatic carbocycles. The van der Waals surface area contributed by atoms with Gasteiger partial charge in [-0.15, -0.1) is 6.58 Å².